The van der Waals surface area contributed by atoms with E-state index in [0.29, 0.717) is 12.5 Å². The zero-order valence-electron chi connectivity index (χ0n) is 14.6. The average Bonchev–Trinajstić information content (AvgIpc) is 3.03. The zero-order chi connectivity index (χ0) is 17.9. The van der Waals surface area contributed by atoms with Gasteiger partial charge in [0.15, 0.2) is 0 Å². The van der Waals surface area contributed by atoms with Crippen molar-refractivity contribution in [2.45, 2.75) is 26.2 Å². The Labute approximate surface area is 153 Å². The maximum atomic E-state index is 11.2. The third-order valence-corrected chi connectivity index (χ3v) is 5.97. The van der Waals surface area contributed by atoms with Gasteiger partial charge in [-0.3, -0.25) is 0 Å². The number of sulfonamides is 1. The first-order valence-corrected chi connectivity index (χ1v) is 11.1. The number of nitrogens with one attached hydrogen (secondary N) is 1. The first kappa shape index (κ1) is 18.3. The lowest BCUT2D eigenvalue weighted by Crippen LogP contribution is -2.38. The molecule has 1 aliphatic rings. The van der Waals surface area contributed by atoms with Crippen molar-refractivity contribution in [2.24, 2.45) is 5.92 Å². The molecule has 6 nitrogen and oxygen atoms in total. The lowest BCUT2D eigenvalue weighted by atomic mass is 9.97. The number of piperidine rings is 1. The summed E-state index contributed by atoms with van der Waals surface area (Å²) in [6.45, 7) is 4.41. The summed E-state index contributed by atoms with van der Waals surface area (Å²) in [5.41, 5.74) is 2.48. The molecule has 0 aliphatic carbocycles. The molecule has 2 aromatic rings. The van der Waals surface area contributed by atoms with Crippen LogP contribution in [0.4, 0.5) is 5.13 Å². The Hall–Kier alpha value is -1.51. The normalized spacial score (nSPS) is 16.3. The number of rotatable bonds is 6. The largest absolute Gasteiger partial charge is 0.347 e. The Morgan fingerprint density at radius 3 is 2.56 bits per heavy atom. The Bertz CT molecular complexity index is 794. The lowest BCUT2D eigenvalue weighted by molar-refractivity contribution is 0.402. The summed E-state index contributed by atoms with van der Waals surface area (Å²) in [7, 11) is -3.10. The second kappa shape index (κ2) is 7.80. The predicted octanol–water partition coefficient (Wildman–Crippen LogP) is 2.20. The molecule has 1 aromatic heterocycles. The van der Waals surface area contributed by atoms with Crippen molar-refractivity contribution < 1.29 is 8.42 Å². The quantitative estimate of drug-likeness (QED) is 0.831. The molecule has 0 spiro atoms. The molecule has 0 saturated carbocycles. The van der Waals surface area contributed by atoms with E-state index in [4.69, 9.17) is 0 Å². The van der Waals surface area contributed by atoms with Crippen molar-refractivity contribution in [3.8, 4) is 0 Å². The highest BCUT2D eigenvalue weighted by atomic mass is 32.2. The number of hydrogen-bond donors (Lipinski definition) is 1. The zero-order valence-corrected chi connectivity index (χ0v) is 16.2. The summed E-state index contributed by atoms with van der Waals surface area (Å²) < 4.78 is 29.5. The monoisotopic (exact) mass is 380 g/mol. The Balaban J connectivity index is 1.52. The van der Waals surface area contributed by atoms with E-state index in [0.717, 1.165) is 43.3 Å². The molecule has 3 rings (SSSR count). The maximum Gasteiger partial charge on any atom is 0.208 e. The topological polar surface area (TPSA) is 75.2 Å². The third-order valence-electron chi connectivity index (χ3n) is 4.46. The highest BCUT2D eigenvalue weighted by Gasteiger charge is 2.22. The molecule has 0 radical (unpaired) electrons. The van der Waals surface area contributed by atoms with E-state index in [2.05, 4.69) is 50.2 Å². The summed E-state index contributed by atoms with van der Waals surface area (Å²) in [4.78, 5) is 6.94. The maximum absolute atomic E-state index is 11.2. The van der Waals surface area contributed by atoms with Crippen LogP contribution in [-0.2, 0) is 16.4 Å². The molecule has 1 fully saturated rings. The molecular formula is C17H24N4O2S2. The van der Waals surface area contributed by atoms with Gasteiger partial charge in [-0.1, -0.05) is 29.8 Å². The van der Waals surface area contributed by atoms with E-state index in [1.54, 1.807) is 0 Å². The first-order valence-electron chi connectivity index (χ1n) is 8.47. The highest BCUT2D eigenvalue weighted by molar-refractivity contribution is 7.88. The van der Waals surface area contributed by atoms with Crippen molar-refractivity contribution in [3.05, 3.63) is 41.2 Å². The van der Waals surface area contributed by atoms with Crippen LogP contribution >= 0.6 is 11.5 Å². The summed E-state index contributed by atoms with van der Waals surface area (Å²) in [5.74, 6) is 1.26. The summed E-state index contributed by atoms with van der Waals surface area (Å²) in [6, 6.07) is 8.46. The Morgan fingerprint density at radius 2 is 1.92 bits per heavy atom. The van der Waals surface area contributed by atoms with Gasteiger partial charge in [-0.25, -0.2) is 18.1 Å². The van der Waals surface area contributed by atoms with E-state index >= 15 is 0 Å². The summed E-state index contributed by atoms with van der Waals surface area (Å²) in [6.07, 6.45) is 3.90. The van der Waals surface area contributed by atoms with Gasteiger partial charge in [-0.15, -0.1) is 0 Å². The van der Waals surface area contributed by atoms with Crippen LogP contribution in [-0.4, -0.2) is 43.7 Å². The number of aromatic nitrogens is 2. The molecule has 1 saturated heterocycles. The van der Waals surface area contributed by atoms with Crippen LogP contribution in [0, 0.1) is 12.8 Å². The van der Waals surface area contributed by atoms with E-state index in [-0.39, 0.29) is 0 Å². The minimum Gasteiger partial charge on any atom is -0.347 e. The third kappa shape index (κ3) is 5.49. The lowest BCUT2D eigenvalue weighted by Gasteiger charge is -2.31. The second-order valence-corrected chi connectivity index (χ2v) is 9.27. The molecule has 0 amide bonds. The molecule has 1 N–H and O–H groups in total. The van der Waals surface area contributed by atoms with Gasteiger partial charge in [0.2, 0.25) is 15.2 Å². The van der Waals surface area contributed by atoms with Gasteiger partial charge >= 0.3 is 0 Å². The minimum absolute atomic E-state index is 0.394. The van der Waals surface area contributed by atoms with E-state index in [9.17, 15) is 8.42 Å². The van der Waals surface area contributed by atoms with Crippen LogP contribution in [0.5, 0.6) is 0 Å². The SMILES string of the molecule is Cc1ccc(Cc2nsc(N3CCC(CNS(C)(=O)=O)CC3)n2)cc1. The molecule has 1 aromatic carbocycles. The van der Waals surface area contributed by atoms with Crippen molar-refractivity contribution >= 4 is 26.7 Å². The molecule has 8 heteroatoms. The first-order chi connectivity index (χ1) is 11.9. The molecule has 25 heavy (non-hydrogen) atoms. The van der Waals surface area contributed by atoms with E-state index in [1.165, 1.54) is 28.9 Å². The highest BCUT2D eigenvalue weighted by Crippen LogP contribution is 2.25. The molecule has 0 bridgehead atoms. The molecule has 0 atom stereocenters. The molecular weight excluding hydrogens is 356 g/mol. The Morgan fingerprint density at radius 1 is 1.24 bits per heavy atom. The van der Waals surface area contributed by atoms with Crippen LogP contribution in [0.3, 0.4) is 0 Å². The summed E-state index contributed by atoms with van der Waals surface area (Å²) in [5, 5.41) is 0.969. The van der Waals surface area contributed by atoms with Gasteiger partial charge in [-0.2, -0.15) is 4.37 Å². The van der Waals surface area contributed by atoms with Crippen LogP contribution in [0.25, 0.3) is 0 Å². The van der Waals surface area contributed by atoms with Crippen LogP contribution in [0.2, 0.25) is 0 Å². The van der Waals surface area contributed by atoms with Crippen LogP contribution < -0.4 is 9.62 Å². The fourth-order valence-electron chi connectivity index (χ4n) is 2.93. The number of aryl methyl sites for hydroxylation is 1. The number of nitrogens with zero attached hydrogens (tertiary/aromatic N) is 3. The molecule has 0 unspecified atom stereocenters. The molecule has 136 valence electrons. The van der Waals surface area contributed by atoms with Crippen molar-refractivity contribution in [2.75, 3.05) is 30.8 Å². The predicted molar refractivity (Wildman–Crippen MR) is 102 cm³/mol. The smallest absolute Gasteiger partial charge is 0.208 e. The number of benzene rings is 1. The van der Waals surface area contributed by atoms with Gasteiger partial charge in [0.1, 0.15) is 5.82 Å². The van der Waals surface area contributed by atoms with Gasteiger partial charge < -0.3 is 4.90 Å². The van der Waals surface area contributed by atoms with Crippen molar-refractivity contribution in [1.29, 1.82) is 0 Å². The molecule has 2 heterocycles. The van der Waals surface area contributed by atoms with Crippen LogP contribution in [0.1, 0.15) is 29.8 Å². The van der Waals surface area contributed by atoms with E-state index < -0.39 is 10.0 Å². The van der Waals surface area contributed by atoms with Crippen molar-refractivity contribution in [3.63, 3.8) is 0 Å². The fourth-order valence-corrected chi connectivity index (χ4v) is 4.21. The fraction of sp³-hybridized carbons (Fsp3) is 0.529. The van der Waals surface area contributed by atoms with E-state index in [1.807, 2.05) is 0 Å². The minimum atomic E-state index is -3.10. The average molecular weight is 381 g/mol. The second-order valence-electron chi connectivity index (χ2n) is 6.71. The van der Waals surface area contributed by atoms with Gasteiger partial charge in [-0.05, 0) is 31.2 Å². The standard InChI is InChI=1S/C17H24N4O2S2/c1-13-3-5-14(6-4-13)11-16-19-17(24-20-16)21-9-7-15(8-10-21)12-18-25(2,22)23/h3-6,15,18H,7-12H2,1-2H3. The van der Waals surface area contributed by atoms with Crippen molar-refractivity contribution in [1.82, 2.24) is 14.1 Å². The van der Waals surface area contributed by atoms with Gasteiger partial charge in [0.05, 0.1) is 6.26 Å². The Kier molecular flexibility index (Phi) is 5.71. The number of hydrogen-bond acceptors (Lipinski definition) is 6. The van der Waals surface area contributed by atoms with Crippen LogP contribution in [0.15, 0.2) is 24.3 Å². The van der Waals surface area contributed by atoms with Gasteiger partial charge in [0, 0.05) is 37.6 Å². The van der Waals surface area contributed by atoms with Gasteiger partial charge in [0.25, 0.3) is 0 Å². The number of anilines is 1. The summed E-state index contributed by atoms with van der Waals surface area (Å²) >= 11 is 1.45. The molecule has 1 aliphatic heterocycles.